The highest BCUT2D eigenvalue weighted by Gasteiger charge is 2.24. The summed E-state index contributed by atoms with van der Waals surface area (Å²) in [5.74, 6) is 1.83. The topological polar surface area (TPSA) is 80.8 Å². The first-order valence-electron chi connectivity index (χ1n) is 8.45. The zero-order chi connectivity index (χ0) is 17.6. The van der Waals surface area contributed by atoms with E-state index in [1.165, 1.54) is 6.07 Å². The standard InChI is InChI=1S/C18H23N3O4/c1-14-5-6-18(25-14)17(20-7-9-24-10-8-20)13-19-12-15-3-2-4-16(11-15)21(22)23/h2-6,11,17,19H,7-10,12-13H2,1H3. The van der Waals surface area contributed by atoms with Gasteiger partial charge in [-0.25, -0.2) is 0 Å². The van der Waals surface area contributed by atoms with Crippen LogP contribution in [-0.2, 0) is 11.3 Å². The largest absolute Gasteiger partial charge is 0.465 e. The van der Waals surface area contributed by atoms with Crippen LogP contribution in [0.15, 0.2) is 40.8 Å². The maximum absolute atomic E-state index is 10.9. The number of non-ortho nitro benzene ring substituents is 1. The van der Waals surface area contributed by atoms with Crippen molar-refractivity contribution in [2.45, 2.75) is 19.5 Å². The molecule has 0 amide bonds. The quantitative estimate of drug-likeness (QED) is 0.614. The Morgan fingerprint density at radius 3 is 2.76 bits per heavy atom. The summed E-state index contributed by atoms with van der Waals surface area (Å²) in [6.07, 6.45) is 0. The van der Waals surface area contributed by atoms with Gasteiger partial charge in [0.2, 0.25) is 0 Å². The van der Waals surface area contributed by atoms with E-state index in [-0.39, 0.29) is 16.7 Å². The van der Waals surface area contributed by atoms with Crippen LogP contribution in [0.25, 0.3) is 0 Å². The molecule has 134 valence electrons. The second-order valence-electron chi connectivity index (χ2n) is 6.17. The summed E-state index contributed by atoms with van der Waals surface area (Å²) >= 11 is 0. The molecule has 1 aliphatic rings. The van der Waals surface area contributed by atoms with Gasteiger partial charge in [-0.2, -0.15) is 0 Å². The molecule has 1 saturated heterocycles. The van der Waals surface area contributed by atoms with Crippen LogP contribution in [0.2, 0.25) is 0 Å². The van der Waals surface area contributed by atoms with Gasteiger partial charge in [-0.3, -0.25) is 15.0 Å². The van der Waals surface area contributed by atoms with E-state index >= 15 is 0 Å². The average Bonchev–Trinajstić information content (AvgIpc) is 3.06. The molecule has 1 aromatic carbocycles. The van der Waals surface area contributed by atoms with E-state index in [9.17, 15) is 10.1 Å². The van der Waals surface area contributed by atoms with Crippen molar-refractivity contribution < 1.29 is 14.1 Å². The van der Waals surface area contributed by atoms with Gasteiger partial charge < -0.3 is 14.5 Å². The normalized spacial score (nSPS) is 16.7. The van der Waals surface area contributed by atoms with Gasteiger partial charge in [-0.05, 0) is 24.6 Å². The van der Waals surface area contributed by atoms with Crippen molar-refractivity contribution in [3.05, 3.63) is 63.6 Å². The SMILES string of the molecule is Cc1ccc(C(CNCc2cccc([N+](=O)[O-])c2)N2CCOCC2)o1. The van der Waals surface area contributed by atoms with Crippen molar-refractivity contribution in [1.29, 1.82) is 0 Å². The fraction of sp³-hybridized carbons (Fsp3) is 0.444. The van der Waals surface area contributed by atoms with Crippen molar-refractivity contribution in [2.75, 3.05) is 32.8 Å². The van der Waals surface area contributed by atoms with Gasteiger partial charge in [0.15, 0.2) is 0 Å². The molecular formula is C18H23N3O4. The molecule has 3 rings (SSSR count). The number of morpholine rings is 1. The maximum atomic E-state index is 10.9. The molecule has 1 aromatic heterocycles. The molecule has 1 aliphatic heterocycles. The smallest absolute Gasteiger partial charge is 0.269 e. The van der Waals surface area contributed by atoms with Gasteiger partial charge in [-0.1, -0.05) is 12.1 Å². The number of nitro benzene ring substituents is 1. The van der Waals surface area contributed by atoms with E-state index in [4.69, 9.17) is 9.15 Å². The number of benzene rings is 1. The minimum absolute atomic E-state index is 0.116. The highest BCUT2D eigenvalue weighted by molar-refractivity contribution is 5.34. The van der Waals surface area contributed by atoms with E-state index in [1.807, 2.05) is 25.1 Å². The van der Waals surface area contributed by atoms with Crippen molar-refractivity contribution in [2.24, 2.45) is 0 Å². The van der Waals surface area contributed by atoms with Gasteiger partial charge in [-0.15, -0.1) is 0 Å². The molecule has 0 aliphatic carbocycles. The second kappa shape index (κ2) is 8.24. The van der Waals surface area contributed by atoms with Crippen LogP contribution in [0.4, 0.5) is 5.69 Å². The third-order valence-electron chi connectivity index (χ3n) is 4.36. The minimum Gasteiger partial charge on any atom is -0.465 e. The molecule has 25 heavy (non-hydrogen) atoms. The van der Waals surface area contributed by atoms with Crippen LogP contribution < -0.4 is 5.32 Å². The molecule has 1 atom stereocenters. The van der Waals surface area contributed by atoms with Gasteiger partial charge in [0.1, 0.15) is 11.5 Å². The lowest BCUT2D eigenvalue weighted by molar-refractivity contribution is -0.384. The number of aryl methyl sites for hydroxylation is 1. The van der Waals surface area contributed by atoms with Crippen LogP contribution in [0.1, 0.15) is 23.1 Å². The molecule has 1 unspecified atom stereocenters. The van der Waals surface area contributed by atoms with Gasteiger partial charge in [0.25, 0.3) is 5.69 Å². The Balaban J connectivity index is 1.64. The lowest BCUT2D eigenvalue weighted by atomic mass is 10.1. The summed E-state index contributed by atoms with van der Waals surface area (Å²) in [5, 5.41) is 14.3. The molecule has 2 heterocycles. The molecule has 1 fully saturated rings. The fourth-order valence-electron chi connectivity index (χ4n) is 3.06. The Morgan fingerprint density at radius 1 is 1.28 bits per heavy atom. The molecule has 1 N–H and O–H groups in total. The molecule has 7 nitrogen and oxygen atoms in total. The Morgan fingerprint density at radius 2 is 2.08 bits per heavy atom. The van der Waals surface area contributed by atoms with E-state index < -0.39 is 0 Å². The third-order valence-corrected chi connectivity index (χ3v) is 4.36. The molecule has 2 aromatic rings. The number of nitrogens with zero attached hydrogens (tertiary/aromatic N) is 2. The summed E-state index contributed by atoms with van der Waals surface area (Å²) in [7, 11) is 0. The first kappa shape index (κ1) is 17.6. The molecule has 0 spiro atoms. The number of furan rings is 1. The van der Waals surface area contributed by atoms with Crippen LogP contribution in [-0.4, -0.2) is 42.7 Å². The highest BCUT2D eigenvalue weighted by Crippen LogP contribution is 2.23. The summed E-state index contributed by atoms with van der Waals surface area (Å²) in [6, 6.07) is 10.8. The van der Waals surface area contributed by atoms with E-state index in [0.717, 1.165) is 43.4 Å². The van der Waals surface area contributed by atoms with Gasteiger partial charge in [0, 0.05) is 38.3 Å². The number of nitro groups is 1. The first-order valence-corrected chi connectivity index (χ1v) is 8.45. The Labute approximate surface area is 146 Å². The molecular weight excluding hydrogens is 322 g/mol. The molecule has 0 radical (unpaired) electrons. The number of rotatable bonds is 7. The van der Waals surface area contributed by atoms with Crippen LogP contribution in [0, 0.1) is 17.0 Å². The molecule has 0 saturated carbocycles. The Kier molecular flexibility index (Phi) is 5.80. The van der Waals surface area contributed by atoms with E-state index in [2.05, 4.69) is 10.2 Å². The van der Waals surface area contributed by atoms with Crippen molar-refractivity contribution in [3.8, 4) is 0 Å². The fourth-order valence-corrected chi connectivity index (χ4v) is 3.06. The van der Waals surface area contributed by atoms with E-state index in [1.54, 1.807) is 12.1 Å². The zero-order valence-corrected chi connectivity index (χ0v) is 14.3. The Hall–Kier alpha value is -2.22. The Bertz CT molecular complexity index is 710. The predicted molar refractivity (Wildman–Crippen MR) is 93.4 cm³/mol. The zero-order valence-electron chi connectivity index (χ0n) is 14.3. The van der Waals surface area contributed by atoms with Crippen LogP contribution in [0.3, 0.4) is 0 Å². The van der Waals surface area contributed by atoms with Crippen LogP contribution in [0.5, 0.6) is 0 Å². The summed E-state index contributed by atoms with van der Waals surface area (Å²) in [5.41, 5.74) is 1.01. The highest BCUT2D eigenvalue weighted by atomic mass is 16.6. The van der Waals surface area contributed by atoms with Crippen molar-refractivity contribution >= 4 is 5.69 Å². The number of hydrogen-bond acceptors (Lipinski definition) is 6. The third kappa shape index (κ3) is 4.66. The van der Waals surface area contributed by atoms with Crippen molar-refractivity contribution in [1.82, 2.24) is 10.2 Å². The number of nitrogens with one attached hydrogen (secondary N) is 1. The second-order valence-corrected chi connectivity index (χ2v) is 6.17. The average molecular weight is 345 g/mol. The monoisotopic (exact) mass is 345 g/mol. The minimum atomic E-state index is -0.369. The first-order chi connectivity index (χ1) is 12.1. The van der Waals surface area contributed by atoms with Gasteiger partial charge in [0.05, 0.1) is 24.2 Å². The van der Waals surface area contributed by atoms with E-state index in [0.29, 0.717) is 13.1 Å². The van der Waals surface area contributed by atoms with Crippen molar-refractivity contribution in [3.63, 3.8) is 0 Å². The molecule has 0 bridgehead atoms. The van der Waals surface area contributed by atoms with Crippen LogP contribution >= 0.6 is 0 Å². The summed E-state index contributed by atoms with van der Waals surface area (Å²) in [6.45, 7) is 6.39. The number of ether oxygens (including phenoxy) is 1. The number of hydrogen-bond donors (Lipinski definition) is 1. The maximum Gasteiger partial charge on any atom is 0.269 e. The summed E-state index contributed by atoms with van der Waals surface area (Å²) in [4.78, 5) is 12.9. The lowest BCUT2D eigenvalue weighted by Gasteiger charge is -2.33. The lowest BCUT2D eigenvalue weighted by Crippen LogP contribution is -2.42. The predicted octanol–water partition coefficient (Wildman–Crippen LogP) is 2.66. The molecule has 7 heteroatoms. The van der Waals surface area contributed by atoms with Gasteiger partial charge >= 0.3 is 0 Å². The summed E-state index contributed by atoms with van der Waals surface area (Å²) < 4.78 is 11.3.